The van der Waals surface area contributed by atoms with E-state index in [1.54, 1.807) is 11.3 Å². The van der Waals surface area contributed by atoms with E-state index in [1.807, 2.05) is 36.5 Å². The number of anilines is 3. The van der Waals surface area contributed by atoms with Gasteiger partial charge in [-0.2, -0.15) is 0 Å². The molecule has 0 saturated carbocycles. The maximum atomic E-state index is 14.8. The summed E-state index contributed by atoms with van der Waals surface area (Å²) in [6.45, 7) is 10.4. The molecule has 0 bridgehead atoms. The third kappa shape index (κ3) is 6.80. The van der Waals surface area contributed by atoms with Gasteiger partial charge in [0.05, 0.1) is 23.5 Å². The van der Waals surface area contributed by atoms with E-state index in [2.05, 4.69) is 53.1 Å². The van der Waals surface area contributed by atoms with Crippen LogP contribution in [-0.2, 0) is 15.8 Å². The first-order valence-corrected chi connectivity index (χ1v) is 14.3. The predicted octanol–water partition coefficient (Wildman–Crippen LogP) is 5.14. The fourth-order valence-electron chi connectivity index (χ4n) is 4.32. The Morgan fingerprint density at radius 1 is 1.05 bits per heavy atom. The van der Waals surface area contributed by atoms with E-state index in [1.165, 1.54) is 25.5 Å². The number of pyridine rings is 1. The number of aromatic nitrogens is 4. The van der Waals surface area contributed by atoms with Crippen LogP contribution >= 0.6 is 23.6 Å². The number of nitrogens with one attached hydrogen (secondary N) is 1. The van der Waals surface area contributed by atoms with Crippen molar-refractivity contribution in [3.8, 4) is 11.3 Å². The molecule has 1 aromatic carbocycles. The SMILES string of the molecule is CCN(CC)c1nc2ccc(-c3nc(Nc4ccc(CN5CCN(SOOC)CC5)cn4)ncc3F)cc2s1. The average molecular weight is 571 g/mol. The normalized spacial score (nSPS) is 14.7. The van der Waals surface area contributed by atoms with Crippen LogP contribution < -0.4 is 10.2 Å². The lowest BCUT2D eigenvalue weighted by molar-refractivity contribution is -0.164. The molecule has 0 aliphatic carbocycles. The van der Waals surface area contributed by atoms with Crippen molar-refractivity contribution in [2.45, 2.75) is 20.4 Å². The van der Waals surface area contributed by atoms with Gasteiger partial charge >= 0.3 is 0 Å². The summed E-state index contributed by atoms with van der Waals surface area (Å²) in [5, 5.41) is 4.07. The fourth-order valence-corrected chi connectivity index (χ4v) is 5.91. The van der Waals surface area contributed by atoms with Crippen molar-refractivity contribution in [1.29, 1.82) is 0 Å². The van der Waals surface area contributed by atoms with Gasteiger partial charge in [0.2, 0.25) is 5.95 Å². The molecule has 13 heteroatoms. The number of hydrogen-bond donors (Lipinski definition) is 1. The lowest BCUT2D eigenvalue weighted by Gasteiger charge is -2.32. The van der Waals surface area contributed by atoms with Crippen LogP contribution in [0, 0.1) is 5.82 Å². The molecule has 0 radical (unpaired) electrons. The highest BCUT2D eigenvalue weighted by molar-refractivity contribution is 7.92. The van der Waals surface area contributed by atoms with Crippen molar-refractivity contribution in [3.05, 3.63) is 54.1 Å². The van der Waals surface area contributed by atoms with E-state index >= 15 is 0 Å². The van der Waals surface area contributed by atoms with Gasteiger partial charge in [-0.25, -0.2) is 33.5 Å². The molecule has 0 unspecified atom stereocenters. The van der Waals surface area contributed by atoms with E-state index < -0.39 is 5.82 Å². The van der Waals surface area contributed by atoms with Crippen LogP contribution in [0.4, 0.5) is 21.3 Å². The zero-order valence-corrected chi connectivity index (χ0v) is 23.8. The standard InChI is InChI=1S/C26H31FN8O2S2/c1-4-34(5-2)26-30-21-8-7-19(14-22(21)38-26)24-20(27)16-29-25(32-24)31-23-9-6-18(15-28-23)17-33-10-12-35(13-11-33)39-37-36-3/h6-9,14-16H,4-5,10-13,17H2,1-3H3,(H,28,29,31,32). The van der Waals surface area contributed by atoms with Gasteiger partial charge in [0.25, 0.3) is 0 Å². The number of benzene rings is 1. The molecule has 1 aliphatic heterocycles. The van der Waals surface area contributed by atoms with Crippen LogP contribution in [0.25, 0.3) is 21.5 Å². The summed E-state index contributed by atoms with van der Waals surface area (Å²) in [4.78, 5) is 27.1. The summed E-state index contributed by atoms with van der Waals surface area (Å²) < 4.78 is 22.8. The van der Waals surface area contributed by atoms with E-state index in [9.17, 15) is 4.39 Å². The van der Waals surface area contributed by atoms with Crippen LogP contribution in [0.2, 0.25) is 0 Å². The van der Waals surface area contributed by atoms with E-state index in [4.69, 9.17) is 9.32 Å². The number of piperazine rings is 1. The molecule has 0 spiro atoms. The highest BCUT2D eigenvalue weighted by Crippen LogP contribution is 2.33. The molecule has 4 heterocycles. The number of thiazole rings is 1. The minimum atomic E-state index is -0.482. The molecule has 39 heavy (non-hydrogen) atoms. The lowest BCUT2D eigenvalue weighted by Crippen LogP contribution is -2.42. The third-order valence-electron chi connectivity index (χ3n) is 6.43. The Bertz CT molecular complexity index is 1380. The molecule has 1 fully saturated rings. The second-order valence-electron chi connectivity index (χ2n) is 8.93. The Labute approximate surface area is 235 Å². The zero-order chi connectivity index (χ0) is 27.2. The van der Waals surface area contributed by atoms with Crippen LogP contribution in [0.5, 0.6) is 0 Å². The first kappa shape index (κ1) is 27.6. The van der Waals surface area contributed by atoms with E-state index in [-0.39, 0.29) is 11.6 Å². The zero-order valence-electron chi connectivity index (χ0n) is 22.1. The van der Waals surface area contributed by atoms with Gasteiger partial charge in [-0.15, -0.1) is 4.33 Å². The molecule has 5 rings (SSSR count). The molecule has 10 nitrogen and oxygen atoms in total. The van der Waals surface area contributed by atoms with Crippen molar-refractivity contribution >= 4 is 50.7 Å². The first-order chi connectivity index (χ1) is 19.1. The minimum absolute atomic E-state index is 0.233. The summed E-state index contributed by atoms with van der Waals surface area (Å²) in [6.07, 6.45) is 3.03. The van der Waals surface area contributed by atoms with Crippen LogP contribution in [0.15, 0.2) is 42.7 Å². The summed E-state index contributed by atoms with van der Waals surface area (Å²) in [6, 6.07) is 9.61. The number of nitrogens with zero attached hydrogens (tertiary/aromatic N) is 7. The van der Waals surface area contributed by atoms with Gasteiger partial charge in [-0.3, -0.25) is 4.90 Å². The average Bonchev–Trinajstić information content (AvgIpc) is 3.38. The Morgan fingerprint density at radius 2 is 1.87 bits per heavy atom. The highest BCUT2D eigenvalue weighted by atomic mass is 32.2. The molecule has 1 aliphatic rings. The Kier molecular flexibility index (Phi) is 9.17. The topological polar surface area (TPSA) is 91.8 Å². The molecule has 1 N–H and O–H groups in total. The molecule has 0 atom stereocenters. The highest BCUT2D eigenvalue weighted by Gasteiger charge is 2.19. The summed E-state index contributed by atoms with van der Waals surface area (Å²) in [7, 11) is 1.50. The molecular formula is C26H31FN8O2S2. The van der Waals surface area contributed by atoms with Crippen molar-refractivity contribution in [2.24, 2.45) is 0 Å². The van der Waals surface area contributed by atoms with Crippen molar-refractivity contribution in [3.63, 3.8) is 0 Å². The lowest BCUT2D eigenvalue weighted by atomic mass is 10.1. The van der Waals surface area contributed by atoms with Crippen LogP contribution in [-0.4, -0.2) is 75.5 Å². The Morgan fingerprint density at radius 3 is 2.59 bits per heavy atom. The van der Waals surface area contributed by atoms with Gasteiger partial charge in [-0.1, -0.05) is 23.5 Å². The largest absolute Gasteiger partial charge is 0.349 e. The second kappa shape index (κ2) is 12.9. The number of fused-ring (bicyclic) bond motifs is 1. The summed E-state index contributed by atoms with van der Waals surface area (Å²) in [5.41, 5.74) is 2.91. The van der Waals surface area contributed by atoms with Crippen LogP contribution in [0.1, 0.15) is 19.4 Å². The fraction of sp³-hybridized carbons (Fsp3) is 0.385. The van der Waals surface area contributed by atoms with Gasteiger partial charge in [-0.05, 0) is 37.6 Å². The predicted molar refractivity (Wildman–Crippen MR) is 154 cm³/mol. The van der Waals surface area contributed by atoms with Crippen molar-refractivity contribution < 1.29 is 13.6 Å². The molecular weight excluding hydrogens is 539 g/mol. The van der Waals surface area contributed by atoms with Gasteiger partial charge in [0, 0.05) is 57.6 Å². The number of hydrogen-bond acceptors (Lipinski definition) is 12. The van der Waals surface area contributed by atoms with E-state index in [0.717, 1.165) is 66.7 Å². The molecule has 4 aromatic rings. The third-order valence-corrected chi connectivity index (χ3v) is 8.29. The molecule has 0 amide bonds. The summed E-state index contributed by atoms with van der Waals surface area (Å²) >= 11 is 2.84. The van der Waals surface area contributed by atoms with Gasteiger partial charge in [0.1, 0.15) is 23.7 Å². The maximum absolute atomic E-state index is 14.8. The molecule has 206 valence electrons. The number of halogens is 1. The smallest absolute Gasteiger partial charge is 0.229 e. The monoisotopic (exact) mass is 570 g/mol. The van der Waals surface area contributed by atoms with Crippen molar-refractivity contribution in [2.75, 3.05) is 56.6 Å². The Hall–Kier alpha value is -2.94. The van der Waals surface area contributed by atoms with Gasteiger partial charge < -0.3 is 10.2 Å². The molecule has 3 aromatic heterocycles. The Balaban J connectivity index is 1.24. The minimum Gasteiger partial charge on any atom is -0.349 e. The van der Waals surface area contributed by atoms with E-state index in [0.29, 0.717) is 11.4 Å². The number of rotatable bonds is 11. The van der Waals surface area contributed by atoms with Crippen LogP contribution in [0.3, 0.4) is 0 Å². The van der Waals surface area contributed by atoms with Crippen molar-refractivity contribution in [1.82, 2.24) is 29.1 Å². The van der Waals surface area contributed by atoms with Gasteiger partial charge in [0.15, 0.2) is 10.9 Å². The quantitative estimate of drug-likeness (QED) is 0.113. The maximum Gasteiger partial charge on any atom is 0.229 e. The molecule has 1 saturated heterocycles. The first-order valence-electron chi connectivity index (χ1n) is 12.8. The second-order valence-corrected chi connectivity index (χ2v) is 10.7. The summed E-state index contributed by atoms with van der Waals surface area (Å²) in [5.74, 6) is 0.395.